The van der Waals surface area contributed by atoms with Gasteiger partial charge in [-0.25, -0.2) is 0 Å². The molecule has 1 aromatic carbocycles. The number of benzene rings is 1. The number of rotatable bonds is 2. The molecule has 3 nitrogen and oxygen atoms in total. The van der Waals surface area contributed by atoms with Crippen LogP contribution in [0.15, 0.2) is 30.0 Å². The van der Waals surface area contributed by atoms with Gasteiger partial charge in [0.25, 0.3) is 5.91 Å². The van der Waals surface area contributed by atoms with Crippen molar-refractivity contribution in [2.24, 2.45) is 0 Å². The highest BCUT2D eigenvalue weighted by Gasteiger charge is 2.27. The maximum absolute atomic E-state index is 12.2. The van der Waals surface area contributed by atoms with E-state index in [1.54, 1.807) is 23.1 Å². The van der Waals surface area contributed by atoms with Crippen molar-refractivity contribution >= 4 is 34.8 Å². The Balaban J connectivity index is 2.28. The predicted molar refractivity (Wildman–Crippen MR) is 75.2 cm³/mol. The highest BCUT2D eigenvalue weighted by atomic mass is 35.5. The van der Waals surface area contributed by atoms with E-state index in [2.05, 4.69) is 0 Å². The Hall–Kier alpha value is -1.19. The van der Waals surface area contributed by atoms with Crippen molar-refractivity contribution in [3.8, 4) is 0 Å². The summed E-state index contributed by atoms with van der Waals surface area (Å²) in [5.41, 5.74) is 1.55. The van der Waals surface area contributed by atoms with Crippen LogP contribution in [0.1, 0.15) is 6.42 Å². The van der Waals surface area contributed by atoms with Crippen LogP contribution in [0.25, 0.3) is 0 Å². The molecular weight excluding hydrogens is 271 g/mol. The Morgan fingerprint density at radius 2 is 1.83 bits per heavy atom. The van der Waals surface area contributed by atoms with Gasteiger partial charge in [0.1, 0.15) is 0 Å². The van der Waals surface area contributed by atoms with Gasteiger partial charge in [0.2, 0.25) is 0 Å². The zero-order valence-corrected chi connectivity index (χ0v) is 11.8. The molecule has 0 aromatic heterocycles. The van der Waals surface area contributed by atoms with Crippen molar-refractivity contribution in [3.63, 3.8) is 0 Å². The second-order valence-corrected chi connectivity index (χ2v) is 5.33. The van der Waals surface area contributed by atoms with Crippen molar-refractivity contribution in [2.75, 3.05) is 25.5 Å². The first-order valence-corrected chi connectivity index (χ1v) is 6.38. The lowest BCUT2D eigenvalue weighted by atomic mass is 10.2. The highest BCUT2D eigenvalue weighted by molar-refractivity contribution is 6.35. The number of anilines is 1. The molecule has 5 heteroatoms. The molecule has 18 heavy (non-hydrogen) atoms. The summed E-state index contributed by atoms with van der Waals surface area (Å²) in [4.78, 5) is 15.8. The molecule has 0 saturated carbocycles. The lowest BCUT2D eigenvalue weighted by Gasteiger charge is -2.16. The standard InChI is InChI=1S/C13H14Cl2N2O/c1-16(2)8-9-3-4-17(13(9)18)12-6-10(14)5-11(15)7-12/h5-8H,3-4H2,1-2H3. The third-order valence-corrected chi connectivity index (χ3v) is 3.13. The summed E-state index contributed by atoms with van der Waals surface area (Å²) in [5.74, 6) is 0.0158. The molecule has 1 aromatic rings. The van der Waals surface area contributed by atoms with E-state index in [4.69, 9.17) is 23.2 Å². The molecule has 2 rings (SSSR count). The molecule has 0 aliphatic carbocycles. The smallest absolute Gasteiger partial charge is 0.255 e. The summed E-state index contributed by atoms with van der Waals surface area (Å²) in [6, 6.07) is 5.16. The first kappa shape index (κ1) is 13.2. The fourth-order valence-corrected chi connectivity index (χ4v) is 2.50. The molecule has 0 radical (unpaired) electrons. The second kappa shape index (κ2) is 5.21. The monoisotopic (exact) mass is 284 g/mol. The minimum Gasteiger partial charge on any atom is -0.383 e. The number of hydrogen-bond acceptors (Lipinski definition) is 2. The number of nitrogens with zero attached hydrogens (tertiary/aromatic N) is 2. The largest absolute Gasteiger partial charge is 0.383 e. The van der Waals surface area contributed by atoms with Crippen LogP contribution in [-0.4, -0.2) is 31.4 Å². The summed E-state index contributed by atoms with van der Waals surface area (Å²) in [7, 11) is 3.80. The Morgan fingerprint density at radius 1 is 1.22 bits per heavy atom. The first-order valence-electron chi connectivity index (χ1n) is 5.62. The van der Waals surface area contributed by atoms with Crippen LogP contribution in [0, 0.1) is 0 Å². The van der Waals surface area contributed by atoms with E-state index in [-0.39, 0.29) is 5.91 Å². The molecule has 1 aliphatic heterocycles. The van der Waals surface area contributed by atoms with Gasteiger partial charge < -0.3 is 9.80 Å². The molecule has 96 valence electrons. The number of hydrogen-bond donors (Lipinski definition) is 0. The fourth-order valence-electron chi connectivity index (χ4n) is 1.99. The minimum absolute atomic E-state index is 0.0158. The van der Waals surface area contributed by atoms with Crippen LogP contribution < -0.4 is 4.90 Å². The number of halogens is 2. The molecule has 0 atom stereocenters. The Kier molecular flexibility index (Phi) is 3.83. The lowest BCUT2D eigenvalue weighted by molar-refractivity contribution is -0.114. The van der Waals surface area contributed by atoms with Gasteiger partial charge in [0, 0.05) is 48.1 Å². The SMILES string of the molecule is CN(C)C=C1CCN(c2cc(Cl)cc(Cl)c2)C1=O. The predicted octanol–water partition coefficient (Wildman–Crippen LogP) is 3.18. The Labute approximate surface area is 117 Å². The summed E-state index contributed by atoms with van der Waals surface area (Å²) in [5, 5.41) is 1.07. The molecule has 0 spiro atoms. The first-order chi connectivity index (χ1) is 8.47. The maximum atomic E-state index is 12.2. The molecule has 0 N–H and O–H groups in total. The lowest BCUT2D eigenvalue weighted by Crippen LogP contribution is -2.24. The fraction of sp³-hybridized carbons (Fsp3) is 0.308. The normalized spacial score (nSPS) is 17.7. The quantitative estimate of drug-likeness (QED) is 0.779. The van der Waals surface area contributed by atoms with E-state index in [0.717, 1.165) is 17.7 Å². The van der Waals surface area contributed by atoms with Gasteiger partial charge >= 0.3 is 0 Å². The van der Waals surface area contributed by atoms with E-state index >= 15 is 0 Å². The summed E-state index contributed by atoms with van der Waals surface area (Å²) in [6.45, 7) is 0.662. The highest BCUT2D eigenvalue weighted by Crippen LogP contribution is 2.30. The third kappa shape index (κ3) is 2.79. The van der Waals surface area contributed by atoms with Crippen LogP contribution >= 0.6 is 23.2 Å². The molecular formula is C13H14Cl2N2O. The van der Waals surface area contributed by atoms with Gasteiger partial charge in [-0.2, -0.15) is 0 Å². The molecule has 1 heterocycles. The van der Waals surface area contributed by atoms with E-state index in [1.807, 2.05) is 25.2 Å². The Morgan fingerprint density at radius 3 is 2.39 bits per heavy atom. The summed E-state index contributed by atoms with van der Waals surface area (Å²) in [6.07, 6.45) is 2.59. The van der Waals surface area contributed by atoms with Crippen LogP contribution in [-0.2, 0) is 4.79 Å². The number of carbonyl (C=O) groups excluding carboxylic acids is 1. The summed E-state index contributed by atoms with van der Waals surface area (Å²) < 4.78 is 0. The van der Waals surface area contributed by atoms with Crippen molar-refractivity contribution in [2.45, 2.75) is 6.42 Å². The van der Waals surface area contributed by atoms with Crippen LogP contribution in [0.3, 0.4) is 0 Å². The van der Waals surface area contributed by atoms with Gasteiger partial charge in [0.05, 0.1) is 0 Å². The summed E-state index contributed by atoms with van der Waals surface area (Å²) >= 11 is 11.9. The van der Waals surface area contributed by atoms with Gasteiger partial charge in [-0.15, -0.1) is 0 Å². The van der Waals surface area contributed by atoms with Crippen LogP contribution in [0.2, 0.25) is 10.0 Å². The average Bonchev–Trinajstić information content (AvgIpc) is 2.58. The van der Waals surface area contributed by atoms with E-state index in [9.17, 15) is 4.79 Å². The van der Waals surface area contributed by atoms with Crippen molar-refractivity contribution in [3.05, 3.63) is 40.0 Å². The van der Waals surface area contributed by atoms with Gasteiger partial charge in [-0.1, -0.05) is 23.2 Å². The maximum Gasteiger partial charge on any atom is 0.255 e. The van der Waals surface area contributed by atoms with Crippen molar-refractivity contribution < 1.29 is 4.79 Å². The van der Waals surface area contributed by atoms with Gasteiger partial charge in [-0.05, 0) is 24.6 Å². The van der Waals surface area contributed by atoms with Gasteiger partial charge in [-0.3, -0.25) is 4.79 Å². The van der Waals surface area contributed by atoms with Crippen molar-refractivity contribution in [1.82, 2.24) is 4.90 Å². The number of carbonyl (C=O) groups is 1. The minimum atomic E-state index is 0.0158. The second-order valence-electron chi connectivity index (χ2n) is 4.45. The average molecular weight is 285 g/mol. The van der Waals surface area contributed by atoms with Crippen LogP contribution in [0.5, 0.6) is 0 Å². The molecule has 0 bridgehead atoms. The zero-order chi connectivity index (χ0) is 13.3. The third-order valence-electron chi connectivity index (χ3n) is 2.70. The zero-order valence-electron chi connectivity index (χ0n) is 10.3. The molecule has 0 unspecified atom stereocenters. The molecule has 1 amide bonds. The topological polar surface area (TPSA) is 23.6 Å². The number of amides is 1. The van der Waals surface area contributed by atoms with Crippen molar-refractivity contribution in [1.29, 1.82) is 0 Å². The Bertz CT molecular complexity index is 491. The molecule has 1 aliphatic rings. The van der Waals surface area contributed by atoms with Gasteiger partial charge in [0.15, 0.2) is 0 Å². The van der Waals surface area contributed by atoms with E-state index in [0.29, 0.717) is 16.6 Å². The molecule has 1 saturated heterocycles. The van der Waals surface area contributed by atoms with E-state index in [1.165, 1.54) is 0 Å². The van der Waals surface area contributed by atoms with Crippen LogP contribution in [0.4, 0.5) is 5.69 Å². The molecule has 1 fully saturated rings. The van der Waals surface area contributed by atoms with E-state index < -0.39 is 0 Å².